The molecule has 1 N–H and O–H groups in total. The van der Waals surface area contributed by atoms with Crippen molar-refractivity contribution >= 4 is 25.9 Å². The van der Waals surface area contributed by atoms with Crippen LogP contribution in [0.4, 0.5) is 15.3 Å². The summed E-state index contributed by atoms with van der Waals surface area (Å²) in [4.78, 5) is 29.9. The molecule has 0 radical (unpaired) electrons. The van der Waals surface area contributed by atoms with Crippen molar-refractivity contribution in [3.8, 4) is 22.6 Å². The molecule has 0 atom stereocenters. The minimum atomic E-state index is -1.63. The van der Waals surface area contributed by atoms with Gasteiger partial charge in [0.2, 0.25) is 0 Å². The zero-order valence-corrected chi connectivity index (χ0v) is 29.5. The summed E-state index contributed by atoms with van der Waals surface area (Å²) in [5.41, 5.74) is 13.1. The van der Waals surface area contributed by atoms with Gasteiger partial charge in [-0.2, -0.15) is 0 Å². The highest BCUT2D eigenvalue weighted by Gasteiger charge is 2.30. The molecule has 0 saturated carbocycles. The van der Waals surface area contributed by atoms with Crippen molar-refractivity contribution < 1.29 is 19.1 Å². The summed E-state index contributed by atoms with van der Waals surface area (Å²) >= 11 is 0. The van der Waals surface area contributed by atoms with E-state index in [9.17, 15) is 9.59 Å². The molecular formula is C38H47N3O4Si. The molecule has 1 aliphatic carbocycles. The van der Waals surface area contributed by atoms with Crippen LogP contribution in [0.2, 0.25) is 19.6 Å². The van der Waals surface area contributed by atoms with Gasteiger partial charge in [0, 0.05) is 49.9 Å². The van der Waals surface area contributed by atoms with E-state index in [2.05, 4.69) is 85.5 Å². The smallest absolute Gasteiger partial charge is 0.410 e. The van der Waals surface area contributed by atoms with Crippen LogP contribution in [-0.4, -0.2) is 63.5 Å². The number of nitrogens with one attached hydrogen (secondary N) is 1. The van der Waals surface area contributed by atoms with Crippen molar-refractivity contribution in [3.63, 3.8) is 0 Å². The largest absolute Gasteiger partial charge is 0.449 e. The maximum Gasteiger partial charge on any atom is 0.410 e. The fourth-order valence-corrected chi connectivity index (χ4v) is 6.67. The first-order valence-electron chi connectivity index (χ1n) is 16.2. The summed E-state index contributed by atoms with van der Waals surface area (Å²) in [6.07, 6.45) is -0.716. The summed E-state index contributed by atoms with van der Waals surface area (Å²) in [6.45, 7) is 19.7. The fraction of sp³-hybridized carbons (Fsp3) is 0.421. The van der Waals surface area contributed by atoms with Crippen LogP contribution in [0.25, 0.3) is 11.1 Å². The van der Waals surface area contributed by atoms with Gasteiger partial charge in [-0.05, 0) is 79.6 Å². The predicted octanol–water partition coefficient (Wildman–Crippen LogP) is 7.63. The van der Waals surface area contributed by atoms with Gasteiger partial charge >= 0.3 is 12.2 Å². The zero-order chi connectivity index (χ0) is 33.2. The van der Waals surface area contributed by atoms with E-state index in [1.165, 1.54) is 22.3 Å². The van der Waals surface area contributed by atoms with Gasteiger partial charge in [0.15, 0.2) is 0 Å². The zero-order valence-electron chi connectivity index (χ0n) is 28.5. The number of piperazine rings is 1. The van der Waals surface area contributed by atoms with Gasteiger partial charge in [0.25, 0.3) is 0 Å². The molecule has 1 aliphatic heterocycles. The van der Waals surface area contributed by atoms with Gasteiger partial charge in [-0.15, -0.1) is 5.54 Å². The Bertz CT molecular complexity index is 1640. The van der Waals surface area contributed by atoms with Crippen LogP contribution in [0.5, 0.6) is 0 Å². The molecule has 0 spiro atoms. The lowest BCUT2D eigenvalue weighted by Gasteiger charge is -2.38. The Morgan fingerprint density at radius 1 is 0.913 bits per heavy atom. The van der Waals surface area contributed by atoms with E-state index in [1.54, 1.807) is 4.90 Å². The van der Waals surface area contributed by atoms with E-state index in [1.807, 2.05) is 45.0 Å². The number of hydrogen-bond donors (Lipinski definition) is 1. The number of carbonyl (C=O) groups excluding carboxylic acids is 2. The molecule has 7 nitrogen and oxygen atoms in total. The molecule has 2 aliphatic rings. The molecule has 3 aromatic carbocycles. The van der Waals surface area contributed by atoms with Gasteiger partial charge in [-0.1, -0.05) is 74.1 Å². The van der Waals surface area contributed by atoms with Crippen LogP contribution in [0.1, 0.15) is 60.1 Å². The number of fused-ring (bicyclic) bond motifs is 3. The van der Waals surface area contributed by atoms with Crippen molar-refractivity contribution in [2.45, 2.75) is 72.3 Å². The first kappa shape index (κ1) is 33.1. The summed E-state index contributed by atoms with van der Waals surface area (Å²) in [5, 5.41) is 3.02. The normalized spacial score (nSPS) is 14.6. The molecular weight excluding hydrogens is 591 g/mol. The molecule has 46 heavy (non-hydrogen) atoms. The topological polar surface area (TPSA) is 71.1 Å². The lowest BCUT2D eigenvalue weighted by molar-refractivity contribution is 0.0240. The summed E-state index contributed by atoms with van der Waals surface area (Å²) in [6, 6.07) is 18.8. The molecule has 2 amide bonds. The Kier molecular flexibility index (Phi) is 9.55. The number of benzene rings is 3. The van der Waals surface area contributed by atoms with Crippen molar-refractivity contribution in [1.82, 2.24) is 10.2 Å². The average molecular weight is 638 g/mol. The molecule has 1 heterocycles. The van der Waals surface area contributed by atoms with E-state index in [-0.39, 0.29) is 18.6 Å². The molecule has 8 heteroatoms. The van der Waals surface area contributed by atoms with E-state index >= 15 is 0 Å². The van der Waals surface area contributed by atoms with Gasteiger partial charge in [-0.3, -0.25) is 0 Å². The average Bonchev–Trinajstić information content (AvgIpc) is 3.32. The van der Waals surface area contributed by atoms with Crippen LogP contribution in [0.15, 0.2) is 54.6 Å². The number of carbonyl (C=O) groups is 2. The third-order valence-electron chi connectivity index (χ3n) is 8.53. The molecule has 0 aromatic heterocycles. The molecule has 0 bridgehead atoms. The summed E-state index contributed by atoms with van der Waals surface area (Å²) in [5.74, 6) is 3.53. The second-order valence-corrected chi connectivity index (χ2v) is 19.1. The van der Waals surface area contributed by atoms with Crippen molar-refractivity contribution in [1.29, 1.82) is 0 Å². The minimum absolute atomic E-state index is 0.00801. The third-order valence-corrected chi connectivity index (χ3v) is 9.40. The van der Waals surface area contributed by atoms with Gasteiger partial charge in [0.05, 0.1) is 0 Å². The third kappa shape index (κ3) is 7.59. The molecule has 5 rings (SSSR count). The molecule has 0 unspecified atom stereocenters. The van der Waals surface area contributed by atoms with Crippen molar-refractivity contribution in [2.24, 2.45) is 0 Å². The number of amides is 2. The Hall–Kier alpha value is -4.22. The van der Waals surface area contributed by atoms with Gasteiger partial charge in [0.1, 0.15) is 20.3 Å². The van der Waals surface area contributed by atoms with Crippen molar-refractivity contribution in [2.75, 3.05) is 37.7 Å². The lowest BCUT2D eigenvalue weighted by Crippen LogP contribution is -2.50. The van der Waals surface area contributed by atoms with Crippen molar-refractivity contribution in [3.05, 3.63) is 88.0 Å². The van der Waals surface area contributed by atoms with E-state index in [0.717, 1.165) is 27.9 Å². The maximum absolute atomic E-state index is 13.1. The van der Waals surface area contributed by atoms with Crippen LogP contribution in [0.3, 0.4) is 0 Å². The highest BCUT2D eigenvalue weighted by Crippen LogP contribution is 2.44. The van der Waals surface area contributed by atoms with Gasteiger partial charge in [-0.25, -0.2) is 9.59 Å². The number of alkyl carbamates (subject to hydrolysis) is 1. The highest BCUT2D eigenvalue weighted by molar-refractivity contribution is 6.83. The van der Waals surface area contributed by atoms with Crippen LogP contribution >= 0.6 is 0 Å². The quantitative estimate of drug-likeness (QED) is 0.230. The Balaban J connectivity index is 1.31. The second kappa shape index (κ2) is 13.3. The van der Waals surface area contributed by atoms with Gasteiger partial charge < -0.3 is 24.6 Å². The second-order valence-electron chi connectivity index (χ2n) is 14.3. The SMILES string of the molecule is Cc1c(CNC(=O)OCC2c3ccccc3-c3ccccc32)cc(N2CCN(C(=O)OC(C)(C)C)CC2)c(C)c1C#C[Si](C)(C)C. The Morgan fingerprint density at radius 3 is 2.07 bits per heavy atom. The number of ether oxygens (including phenoxy) is 2. The first-order chi connectivity index (χ1) is 21.7. The lowest BCUT2D eigenvalue weighted by atomic mass is 9.95. The Labute approximate surface area is 275 Å². The Morgan fingerprint density at radius 2 is 1.50 bits per heavy atom. The fourth-order valence-electron chi connectivity index (χ4n) is 6.17. The number of anilines is 1. The number of nitrogens with zero attached hydrogens (tertiary/aromatic N) is 2. The van der Waals surface area contributed by atoms with Crippen LogP contribution < -0.4 is 10.2 Å². The number of hydrogen-bond acceptors (Lipinski definition) is 5. The number of rotatable bonds is 5. The molecule has 3 aromatic rings. The molecule has 242 valence electrons. The highest BCUT2D eigenvalue weighted by atomic mass is 28.3. The predicted molar refractivity (Wildman–Crippen MR) is 188 cm³/mol. The van der Waals surface area contributed by atoms with Crippen LogP contribution in [-0.2, 0) is 16.0 Å². The van der Waals surface area contributed by atoms with E-state index in [0.29, 0.717) is 32.7 Å². The monoisotopic (exact) mass is 637 g/mol. The first-order valence-corrected chi connectivity index (χ1v) is 19.7. The van der Waals surface area contributed by atoms with Crippen LogP contribution in [0, 0.1) is 25.3 Å². The molecule has 1 fully saturated rings. The maximum atomic E-state index is 13.1. The van der Waals surface area contributed by atoms with E-state index in [4.69, 9.17) is 9.47 Å². The molecule has 1 saturated heterocycles. The van der Waals surface area contributed by atoms with E-state index < -0.39 is 19.8 Å². The summed E-state index contributed by atoms with van der Waals surface area (Å²) in [7, 11) is -1.63. The summed E-state index contributed by atoms with van der Waals surface area (Å²) < 4.78 is 11.4. The standard InChI is InChI=1S/C38H47N3O4Si/c1-26-28(24-39-36(42)44-25-34-32-15-11-9-13-30(32)31-14-10-12-16-33(31)34)23-35(27(2)29(26)17-22-46(6,7)8)40-18-20-41(21-19-40)37(43)45-38(3,4)5/h9-16,23,34H,18-21,24-25H2,1-8H3,(H,39,42). The minimum Gasteiger partial charge on any atom is -0.449 e.